The number of nitrogens with one attached hydrogen (secondary N) is 1. The zero-order valence-electron chi connectivity index (χ0n) is 15.3. The van der Waals surface area contributed by atoms with Gasteiger partial charge in [0.1, 0.15) is 5.75 Å². The van der Waals surface area contributed by atoms with Gasteiger partial charge in [0.2, 0.25) is 5.91 Å². The van der Waals surface area contributed by atoms with Crippen LogP contribution in [-0.2, 0) is 10.2 Å². The van der Waals surface area contributed by atoms with E-state index in [1.165, 1.54) is 17.4 Å². The standard InChI is InChI=1S/C21H25N3O2/c1-26-15-5-6-16-17(11-15)23-18-12-22-13-21(19(16)18)7-9-24(10-8-21)20(25)14-3-2-4-14/h5-6,11-12,14,23H,2-4,7-10,13H2,1H3. The maximum absolute atomic E-state index is 12.6. The van der Waals surface area contributed by atoms with Gasteiger partial charge in [0.25, 0.3) is 0 Å². The van der Waals surface area contributed by atoms with Crippen molar-refractivity contribution in [3.05, 3.63) is 29.5 Å². The maximum Gasteiger partial charge on any atom is 0.225 e. The number of methoxy groups -OCH3 is 1. The fraction of sp³-hybridized carbons (Fsp3) is 0.524. The van der Waals surface area contributed by atoms with Gasteiger partial charge >= 0.3 is 0 Å². The zero-order chi connectivity index (χ0) is 17.7. The van der Waals surface area contributed by atoms with Crippen LogP contribution in [0.5, 0.6) is 5.75 Å². The molecule has 5 heteroatoms. The third-order valence-electron chi connectivity index (χ3n) is 6.67. The van der Waals surface area contributed by atoms with Crippen LogP contribution < -0.4 is 4.74 Å². The van der Waals surface area contributed by atoms with E-state index in [9.17, 15) is 4.79 Å². The molecular formula is C21H25N3O2. The summed E-state index contributed by atoms with van der Waals surface area (Å²) in [5.74, 6) is 1.54. The van der Waals surface area contributed by atoms with E-state index in [-0.39, 0.29) is 5.41 Å². The molecule has 136 valence electrons. The van der Waals surface area contributed by atoms with E-state index in [4.69, 9.17) is 4.74 Å². The summed E-state index contributed by atoms with van der Waals surface area (Å²) in [7, 11) is 1.70. The molecule has 1 aromatic carbocycles. The van der Waals surface area contributed by atoms with E-state index in [0.717, 1.165) is 62.3 Å². The first-order valence-electron chi connectivity index (χ1n) is 9.69. The Hall–Kier alpha value is -2.30. The predicted molar refractivity (Wildman–Crippen MR) is 102 cm³/mol. The number of aromatic nitrogens is 1. The Bertz CT molecular complexity index is 886. The molecule has 1 aromatic heterocycles. The van der Waals surface area contributed by atoms with Crippen LogP contribution in [0.4, 0.5) is 0 Å². The van der Waals surface area contributed by atoms with Gasteiger partial charge in [0.15, 0.2) is 0 Å². The van der Waals surface area contributed by atoms with Crippen molar-refractivity contribution in [3.63, 3.8) is 0 Å². The Kier molecular flexibility index (Phi) is 3.59. The summed E-state index contributed by atoms with van der Waals surface area (Å²) in [5.41, 5.74) is 3.67. The van der Waals surface area contributed by atoms with Crippen LogP contribution in [0.3, 0.4) is 0 Å². The van der Waals surface area contributed by atoms with Crippen LogP contribution in [0.1, 0.15) is 43.4 Å². The number of amides is 1. The lowest BCUT2D eigenvalue weighted by atomic mass is 9.70. The number of rotatable bonds is 2. The van der Waals surface area contributed by atoms with Crippen LogP contribution in [-0.4, -0.2) is 48.7 Å². The fourth-order valence-electron chi connectivity index (χ4n) is 4.86. The smallest absolute Gasteiger partial charge is 0.225 e. The molecule has 3 heterocycles. The molecule has 2 fully saturated rings. The molecule has 0 radical (unpaired) electrons. The summed E-state index contributed by atoms with van der Waals surface area (Å²) in [4.78, 5) is 22.9. The summed E-state index contributed by atoms with van der Waals surface area (Å²) < 4.78 is 5.37. The second-order valence-electron chi connectivity index (χ2n) is 8.03. The second-order valence-corrected chi connectivity index (χ2v) is 8.03. The Balaban J connectivity index is 1.46. The van der Waals surface area contributed by atoms with E-state index in [0.29, 0.717) is 11.8 Å². The molecule has 3 aliphatic rings. The first kappa shape index (κ1) is 15.9. The summed E-state index contributed by atoms with van der Waals surface area (Å²) in [6.07, 6.45) is 7.34. The highest BCUT2D eigenvalue weighted by molar-refractivity contribution is 5.96. The maximum atomic E-state index is 12.6. The van der Waals surface area contributed by atoms with Crippen LogP contribution in [0.2, 0.25) is 0 Å². The van der Waals surface area contributed by atoms with Gasteiger partial charge in [-0.3, -0.25) is 9.79 Å². The molecule has 1 amide bonds. The van der Waals surface area contributed by atoms with Gasteiger partial charge in [0.05, 0.1) is 12.8 Å². The predicted octanol–water partition coefficient (Wildman–Crippen LogP) is 3.27. The van der Waals surface area contributed by atoms with Gasteiger partial charge in [-0.25, -0.2) is 0 Å². The van der Waals surface area contributed by atoms with Gasteiger partial charge in [-0.15, -0.1) is 0 Å². The molecule has 1 N–H and O–H groups in total. The third kappa shape index (κ3) is 2.29. The van der Waals surface area contributed by atoms with Crippen molar-refractivity contribution in [2.75, 3.05) is 26.7 Å². The second kappa shape index (κ2) is 5.86. The van der Waals surface area contributed by atoms with Crippen LogP contribution in [0, 0.1) is 5.92 Å². The highest BCUT2D eigenvalue weighted by Crippen LogP contribution is 2.44. The highest BCUT2D eigenvalue weighted by Gasteiger charge is 2.43. The fourth-order valence-corrected chi connectivity index (χ4v) is 4.86. The van der Waals surface area contributed by atoms with Gasteiger partial charge in [-0.1, -0.05) is 6.42 Å². The van der Waals surface area contributed by atoms with E-state index in [2.05, 4.69) is 27.0 Å². The molecule has 26 heavy (non-hydrogen) atoms. The van der Waals surface area contributed by atoms with Gasteiger partial charge < -0.3 is 14.6 Å². The molecule has 5 nitrogen and oxygen atoms in total. The van der Waals surface area contributed by atoms with Crippen molar-refractivity contribution in [2.45, 2.75) is 37.5 Å². The Labute approximate surface area is 153 Å². The van der Waals surface area contributed by atoms with Gasteiger partial charge in [-0.05, 0) is 43.4 Å². The number of nitrogens with zero attached hydrogens (tertiary/aromatic N) is 2. The minimum Gasteiger partial charge on any atom is -0.497 e. The van der Waals surface area contributed by atoms with Crippen molar-refractivity contribution >= 4 is 23.0 Å². The molecule has 1 aliphatic carbocycles. The van der Waals surface area contributed by atoms with Gasteiger partial charge in [-0.2, -0.15) is 0 Å². The van der Waals surface area contributed by atoms with Crippen molar-refractivity contribution in [1.82, 2.24) is 9.88 Å². The summed E-state index contributed by atoms with van der Waals surface area (Å²) in [6, 6.07) is 6.26. The zero-order valence-corrected chi connectivity index (χ0v) is 15.3. The Morgan fingerprint density at radius 3 is 2.81 bits per heavy atom. The van der Waals surface area contributed by atoms with Crippen molar-refractivity contribution in [1.29, 1.82) is 0 Å². The molecule has 1 spiro atoms. The lowest BCUT2D eigenvalue weighted by molar-refractivity contribution is -0.139. The number of aliphatic imine (C=N–C) groups is 1. The average molecular weight is 351 g/mol. The van der Waals surface area contributed by atoms with E-state index >= 15 is 0 Å². The molecule has 5 rings (SSSR count). The third-order valence-corrected chi connectivity index (χ3v) is 6.67. The quantitative estimate of drug-likeness (QED) is 0.903. The highest BCUT2D eigenvalue weighted by atomic mass is 16.5. The number of H-pyrrole nitrogens is 1. The molecular weight excluding hydrogens is 326 g/mol. The topological polar surface area (TPSA) is 57.7 Å². The van der Waals surface area contributed by atoms with Crippen molar-refractivity contribution in [3.8, 4) is 5.75 Å². The number of carbonyl (C=O) groups excluding carboxylic acids is 1. The Morgan fingerprint density at radius 1 is 1.31 bits per heavy atom. The lowest BCUT2D eigenvalue weighted by Crippen LogP contribution is -2.49. The molecule has 0 unspecified atom stereocenters. The van der Waals surface area contributed by atoms with E-state index < -0.39 is 0 Å². The molecule has 1 saturated carbocycles. The number of likely N-dealkylation sites (tertiary alicyclic amines) is 1. The van der Waals surface area contributed by atoms with Crippen LogP contribution in [0.15, 0.2) is 23.2 Å². The monoisotopic (exact) mass is 351 g/mol. The summed E-state index contributed by atoms with van der Waals surface area (Å²) in [6.45, 7) is 2.53. The minimum atomic E-state index is 0.0489. The van der Waals surface area contributed by atoms with E-state index in [1.807, 2.05) is 12.3 Å². The first-order valence-corrected chi connectivity index (χ1v) is 9.69. The number of carbonyl (C=O) groups is 1. The molecule has 1 saturated heterocycles. The normalized spacial score (nSPS) is 21.7. The van der Waals surface area contributed by atoms with E-state index in [1.54, 1.807) is 7.11 Å². The minimum absolute atomic E-state index is 0.0489. The van der Waals surface area contributed by atoms with Crippen molar-refractivity contribution < 1.29 is 9.53 Å². The first-order chi connectivity index (χ1) is 12.7. The number of ether oxygens (including phenoxy) is 1. The molecule has 2 aromatic rings. The van der Waals surface area contributed by atoms with Crippen LogP contribution >= 0.6 is 0 Å². The number of fused-ring (bicyclic) bond motifs is 4. The average Bonchev–Trinajstić information content (AvgIpc) is 3.00. The number of aromatic amines is 1. The Morgan fingerprint density at radius 2 is 2.12 bits per heavy atom. The van der Waals surface area contributed by atoms with Crippen LogP contribution in [0.25, 0.3) is 10.9 Å². The SMILES string of the molecule is COc1ccc2c3c([nH]c2c1)C=NCC31CCN(C(=O)C2CCC2)CC1. The summed E-state index contributed by atoms with van der Waals surface area (Å²) in [5, 5.41) is 1.27. The van der Waals surface area contributed by atoms with Gasteiger partial charge in [0, 0.05) is 54.2 Å². The van der Waals surface area contributed by atoms with Crippen molar-refractivity contribution in [2.24, 2.45) is 10.9 Å². The molecule has 0 atom stereocenters. The molecule has 2 aliphatic heterocycles. The number of piperidine rings is 1. The largest absolute Gasteiger partial charge is 0.497 e. The number of hydrogen-bond acceptors (Lipinski definition) is 3. The number of hydrogen-bond donors (Lipinski definition) is 1. The number of benzene rings is 1. The summed E-state index contributed by atoms with van der Waals surface area (Å²) >= 11 is 0. The lowest BCUT2D eigenvalue weighted by Gasteiger charge is -2.44. The molecule has 0 bridgehead atoms.